The van der Waals surface area contributed by atoms with Gasteiger partial charge in [0.05, 0.1) is 5.69 Å². The van der Waals surface area contributed by atoms with Crippen LogP contribution in [0.25, 0.3) is 0 Å². The van der Waals surface area contributed by atoms with Crippen molar-refractivity contribution in [2.24, 2.45) is 5.92 Å². The molecule has 6 heteroatoms. The molecular weight excluding hydrogens is 300 g/mol. The Morgan fingerprint density at radius 3 is 3.00 bits per heavy atom. The fraction of sp³-hybridized carbons (Fsp3) is 0.556. The molecule has 1 aliphatic heterocycles. The maximum absolute atomic E-state index is 5.98. The molecule has 0 saturated carbocycles. The lowest BCUT2D eigenvalue weighted by Crippen LogP contribution is -2.33. The van der Waals surface area contributed by atoms with Crippen molar-refractivity contribution in [3.8, 4) is 0 Å². The molecule has 2 unspecified atom stereocenters. The number of nitrogen functional groups attached to an aromatic ring is 1. The number of nitrogens with zero attached hydrogens (tertiary/aromatic N) is 3. The Morgan fingerprint density at radius 1 is 1.42 bits per heavy atom. The van der Waals surface area contributed by atoms with Crippen LogP contribution in [0, 0.1) is 5.92 Å². The highest BCUT2D eigenvalue weighted by molar-refractivity contribution is 5.54. The van der Waals surface area contributed by atoms with Gasteiger partial charge >= 0.3 is 0 Å². The molecule has 0 radical (unpaired) electrons. The third-order valence-electron chi connectivity index (χ3n) is 5.02. The van der Waals surface area contributed by atoms with Crippen LogP contribution < -0.4 is 21.3 Å². The number of nitrogens with two attached hydrogens (primary N) is 1. The van der Waals surface area contributed by atoms with Crippen molar-refractivity contribution in [2.75, 3.05) is 24.2 Å². The molecule has 2 aliphatic rings. The van der Waals surface area contributed by atoms with Crippen LogP contribution in [0.15, 0.2) is 30.0 Å². The van der Waals surface area contributed by atoms with Crippen LogP contribution in [-0.4, -0.2) is 35.6 Å². The van der Waals surface area contributed by atoms with E-state index >= 15 is 0 Å². The van der Waals surface area contributed by atoms with Crippen molar-refractivity contribution in [1.29, 1.82) is 0 Å². The third kappa shape index (κ3) is 3.44. The van der Waals surface area contributed by atoms with Gasteiger partial charge in [0.2, 0.25) is 5.95 Å². The normalized spacial score (nSPS) is 24.0. The van der Waals surface area contributed by atoms with Crippen LogP contribution >= 0.6 is 0 Å². The van der Waals surface area contributed by atoms with E-state index < -0.39 is 0 Å². The smallest absolute Gasteiger partial charge is 0.222 e. The first-order chi connectivity index (χ1) is 11.6. The average Bonchev–Trinajstić information content (AvgIpc) is 2.98. The van der Waals surface area contributed by atoms with E-state index in [0.29, 0.717) is 30.5 Å². The van der Waals surface area contributed by atoms with Crippen molar-refractivity contribution in [3.63, 3.8) is 0 Å². The SMILES string of the molecule is CCC(C)NCc1cc(N2C[C@@H](NC)C3CC=CC=C32)nc(N)n1. The molecule has 1 aliphatic carbocycles. The van der Waals surface area contributed by atoms with E-state index in [1.54, 1.807) is 0 Å². The van der Waals surface area contributed by atoms with Gasteiger partial charge in [-0.1, -0.05) is 19.1 Å². The third-order valence-corrected chi connectivity index (χ3v) is 5.02. The Kier molecular flexibility index (Phi) is 5.16. The predicted molar refractivity (Wildman–Crippen MR) is 98.6 cm³/mol. The minimum atomic E-state index is 0.338. The molecule has 3 atom stereocenters. The molecular formula is C18H28N6. The molecule has 4 N–H and O–H groups in total. The number of nitrogens with one attached hydrogen (secondary N) is 2. The molecule has 1 aromatic rings. The number of anilines is 2. The minimum absolute atomic E-state index is 0.338. The molecule has 3 rings (SSSR count). The Morgan fingerprint density at radius 2 is 2.25 bits per heavy atom. The van der Waals surface area contributed by atoms with E-state index in [2.05, 4.69) is 63.6 Å². The summed E-state index contributed by atoms with van der Waals surface area (Å²) >= 11 is 0. The van der Waals surface area contributed by atoms with Gasteiger partial charge < -0.3 is 21.3 Å². The number of fused-ring (bicyclic) bond motifs is 1. The molecule has 0 spiro atoms. The van der Waals surface area contributed by atoms with Gasteiger partial charge in [-0.2, -0.15) is 4.98 Å². The summed E-state index contributed by atoms with van der Waals surface area (Å²) in [5, 5.41) is 6.90. The van der Waals surface area contributed by atoms with Crippen LogP contribution in [0.1, 0.15) is 32.4 Å². The first-order valence-corrected chi connectivity index (χ1v) is 8.80. The summed E-state index contributed by atoms with van der Waals surface area (Å²) in [6.45, 7) is 5.96. The van der Waals surface area contributed by atoms with E-state index in [1.807, 2.05) is 7.05 Å². The second-order valence-corrected chi connectivity index (χ2v) is 6.63. The minimum Gasteiger partial charge on any atom is -0.368 e. The molecule has 24 heavy (non-hydrogen) atoms. The summed E-state index contributed by atoms with van der Waals surface area (Å²) < 4.78 is 0. The molecule has 130 valence electrons. The fourth-order valence-electron chi connectivity index (χ4n) is 3.40. The number of likely N-dealkylation sites (N-methyl/N-ethyl adjacent to an activating group) is 1. The lowest BCUT2D eigenvalue weighted by Gasteiger charge is -2.23. The molecule has 0 bridgehead atoms. The highest BCUT2D eigenvalue weighted by Crippen LogP contribution is 2.36. The number of hydrogen-bond donors (Lipinski definition) is 3. The molecule has 6 nitrogen and oxygen atoms in total. The van der Waals surface area contributed by atoms with Crippen molar-refractivity contribution in [3.05, 3.63) is 35.7 Å². The number of hydrogen-bond acceptors (Lipinski definition) is 6. The van der Waals surface area contributed by atoms with Gasteiger partial charge in [0.25, 0.3) is 0 Å². The van der Waals surface area contributed by atoms with Gasteiger partial charge in [0.15, 0.2) is 0 Å². The standard InChI is InChI=1S/C18H28N6/c1-4-12(2)21-10-13-9-17(23-18(19)22-13)24-11-15(20-3)14-7-5-6-8-16(14)24/h5-6,8-9,12,14-15,20-21H,4,7,10-11H2,1-3H3,(H2,19,22,23)/t12?,14?,15-/m1/s1. The van der Waals surface area contributed by atoms with Crippen LogP contribution in [0.2, 0.25) is 0 Å². The summed E-state index contributed by atoms with van der Waals surface area (Å²) in [5.41, 5.74) is 8.23. The van der Waals surface area contributed by atoms with E-state index in [9.17, 15) is 0 Å². The topological polar surface area (TPSA) is 79.1 Å². The predicted octanol–water partition coefficient (Wildman–Crippen LogP) is 1.81. The lowest BCUT2D eigenvalue weighted by atomic mass is 9.93. The zero-order valence-corrected chi connectivity index (χ0v) is 14.8. The zero-order chi connectivity index (χ0) is 17.1. The van der Waals surface area contributed by atoms with Crippen LogP contribution in [0.4, 0.5) is 11.8 Å². The van der Waals surface area contributed by atoms with Crippen molar-refractivity contribution >= 4 is 11.8 Å². The van der Waals surface area contributed by atoms with Gasteiger partial charge in [-0.3, -0.25) is 0 Å². The molecule has 2 heterocycles. The molecule has 1 saturated heterocycles. The highest BCUT2D eigenvalue weighted by atomic mass is 15.3. The van der Waals surface area contributed by atoms with Crippen molar-refractivity contribution in [1.82, 2.24) is 20.6 Å². The Labute approximate surface area is 144 Å². The summed E-state index contributed by atoms with van der Waals surface area (Å²) in [6, 6.07) is 2.94. The molecule has 1 aromatic heterocycles. The highest BCUT2D eigenvalue weighted by Gasteiger charge is 2.37. The monoisotopic (exact) mass is 328 g/mol. The summed E-state index contributed by atoms with van der Waals surface area (Å²) in [4.78, 5) is 11.2. The second-order valence-electron chi connectivity index (χ2n) is 6.63. The van der Waals surface area contributed by atoms with E-state index in [0.717, 1.165) is 30.9 Å². The van der Waals surface area contributed by atoms with Crippen LogP contribution in [0.3, 0.4) is 0 Å². The Bertz CT molecular complexity index is 638. The summed E-state index contributed by atoms with van der Waals surface area (Å²) in [7, 11) is 2.03. The number of rotatable bonds is 6. The number of allylic oxidation sites excluding steroid dienone is 3. The van der Waals surface area contributed by atoms with E-state index in [4.69, 9.17) is 5.73 Å². The summed E-state index contributed by atoms with van der Waals surface area (Å²) in [6.07, 6.45) is 8.71. The number of aromatic nitrogens is 2. The fourth-order valence-corrected chi connectivity index (χ4v) is 3.40. The first-order valence-electron chi connectivity index (χ1n) is 8.80. The summed E-state index contributed by atoms with van der Waals surface area (Å²) in [5.74, 6) is 1.73. The van der Waals surface area contributed by atoms with Gasteiger partial charge in [0.1, 0.15) is 5.82 Å². The van der Waals surface area contributed by atoms with Gasteiger partial charge in [-0.25, -0.2) is 4.98 Å². The Balaban J connectivity index is 1.84. The maximum Gasteiger partial charge on any atom is 0.222 e. The maximum atomic E-state index is 5.98. The van der Waals surface area contributed by atoms with Crippen LogP contribution in [0.5, 0.6) is 0 Å². The lowest BCUT2D eigenvalue weighted by molar-refractivity contribution is 0.481. The van der Waals surface area contributed by atoms with Gasteiger partial charge in [-0.05, 0) is 32.9 Å². The van der Waals surface area contributed by atoms with E-state index in [-0.39, 0.29) is 0 Å². The van der Waals surface area contributed by atoms with Crippen molar-refractivity contribution in [2.45, 2.75) is 45.3 Å². The second kappa shape index (κ2) is 7.32. The molecule has 1 fully saturated rings. The van der Waals surface area contributed by atoms with Crippen LogP contribution in [-0.2, 0) is 6.54 Å². The average molecular weight is 328 g/mol. The van der Waals surface area contributed by atoms with E-state index in [1.165, 1.54) is 5.70 Å². The zero-order valence-electron chi connectivity index (χ0n) is 14.8. The quantitative estimate of drug-likeness (QED) is 0.739. The largest absolute Gasteiger partial charge is 0.368 e. The first kappa shape index (κ1) is 16.9. The molecule has 0 aromatic carbocycles. The van der Waals surface area contributed by atoms with Gasteiger partial charge in [-0.15, -0.1) is 0 Å². The van der Waals surface area contributed by atoms with Gasteiger partial charge in [0, 0.05) is 42.9 Å². The molecule has 0 amide bonds. The Hall–Kier alpha value is -1.92. The van der Waals surface area contributed by atoms with Crippen molar-refractivity contribution < 1.29 is 0 Å².